The van der Waals surface area contributed by atoms with Gasteiger partial charge in [-0.2, -0.15) is 18.5 Å². The van der Waals surface area contributed by atoms with E-state index in [1.54, 1.807) is 73.2 Å². The van der Waals surface area contributed by atoms with Crippen LogP contribution in [0.5, 0.6) is 17.2 Å². The van der Waals surface area contributed by atoms with Crippen molar-refractivity contribution in [2.45, 2.75) is 4.30 Å². The Bertz CT molecular complexity index is 1840. The third-order valence-electron chi connectivity index (χ3n) is 7.29. The van der Waals surface area contributed by atoms with Crippen LogP contribution in [0, 0.1) is 0 Å². The van der Waals surface area contributed by atoms with Crippen molar-refractivity contribution in [3.63, 3.8) is 0 Å². The first-order valence-corrected chi connectivity index (χ1v) is 22.7. The number of nitrogens with zero attached hydrogens (tertiary/aromatic N) is 3. The molecule has 0 atom stereocenters. The third kappa shape index (κ3) is 28.6. The molecule has 6 aromatic carbocycles. The molecule has 0 saturated carbocycles. The van der Waals surface area contributed by atoms with Crippen molar-refractivity contribution in [2.24, 2.45) is 15.0 Å². The molecular formula is C46H43Cl3N3Ni3O3P3. The zero-order valence-corrected chi connectivity index (χ0v) is 40.5. The normalized spacial score (nSPS) is 10.8. The predicted molar refractivity (Wildman–Crippen MR) is 250 cm³/mol. The van der Waals surface area contributed by atoms with Gasteiger partial charge in [0.25, 0.3) is 0 Å². The van der Waals surface area contributed by atoms with Gasteiger partial charge in [-0.15, -0.1) is 17.2 Å². The Morgan fingerprint density at radius 1 is 0.377 bits per heavy atom. The first-order valence-electron chi connectivity index (χ1n) is 18.2. The molecule has 0 heterocycles. The van der Waals surface area contributed by atoms with Crippen LogP contribution in [-0.2, 0) is 49.5 Å². The molecular weight excluding hydrogens is 1020 g/mol. The number of alkyl halides is 3. The smallest absolute Gasteiger partial charge is 0.872 e. The minimum Gasteiger partial charge on any atom is -0.872 e. The monoisotopic (exact) mass is 1060 g/mol. The Hall–Kier alpha value is -2.63. The van der Waals surface area contributed by atoms with Crippen molar-refractivity contribution in [3.8, 4) is 17.2 Å². The van der Waals surface area contributed by atoms with E-state index in [0.29, 0.717) is 16.7 Å². The molecule has 6 aromatic rings. The van der Waals surface area contributed by atoms with Crippen LogP contribution < -0.4 is 31.2 Å². The summed E-state index contributed by atoms with van der Waals surface area (Å²) in [6.07, 6.45) is 7.93. The standard InChI is InChI=1S/3C15H15NOP.CHCl3.3Ni/c3*17-15-9-5-4-6-13(15)12-16-10-11-18-14-7-2-1-3-8-14;2-1(3)4;;;/h3*1-9,12,17H,10-11H2;1H;;;/q3*-1;;3*+2/p-3. The molecule has 0 aliphatic rings. The van der Waals surface area contributed by atoms with E-state index < -0.39 is 4.30 Å². The number of halogens is 3. The second-order valence-corrected chi connectivity index (χ2v) is 17.4. The summed E-state index contributed by atoms with van der Waals surface area (Å²) in [5.74, 6) is 0.0885. The fraction of sp³-hybridized carbons (Fsp3) is 0.152. The Kier molecular flexibility index (Phi) is 36.2. The van der Waals surface area contributed by atoms with Gasteiger partial charge >= 0.3 is 49.5 Å². The van der Waals surface area contributed by atoms with Crippen LogP contribution in [0.15, 0.2) is 179 Å². The van der Waals surface area contributed by atoms with Gasteiger partial charge in [0.05, 0.1) is 0 Å². The molecule has 0 radical (unpaired) electrons. The van der Waals surface area contributed by atoms with Crippen molar-refractivity contribution in [1.82, 2.24) is 0 Å². The molecule has 6 nitrogen and oxygen atoms in total. The molecule has 6 rings (SSSR count). The van der Waals surface area contributed by atoms with E-state index in [4.69, 9.17) is 34.8 Å². The Morgan fingerprint density at radius 3 is 0.820 bits per heavy atom. The van der Waals surface area contributed by atoms with Crippen molar-refractivity contribution in [2.75, 3.05) is 38.1 Å². The molecule has 0 fully saturated rings. The van der Waals surface area contributed by atoms with Gasteiger partial charge in [-0.1, -0.05) is 199 Å². The summed E-state index contributed by atoms with van der Waals surface area (Å²) in [6, 6.07) is 51.8. The molecule has 0 saturated heterocycles. The zero-order valence-electron chi connectivity index (χ0n) is 32.6. The Labute approximate surface area is 411 Å². The second-order valence-electron chi connectivity index (χ2n) is 11.6. The average Bonchev–Trinajstić information content (AvgIpc) is 3.24. The van der Waals surface area contributed by atoms with E-state index in [9.17, 15) is 15.3 Å². The van der Waals surface area contributed by atoms with Crippen molar-refractivity contribution < 1.29 is 64.8 Å². The maximum absolute atomic E-state index is 11.4. The van der Waals surface area contributed by atoms with Gasteiger partial charge in [-0.25, -0.2) is 15.9 Å². The molecule has 0 amide bonds. The number of para-hydroxylation sites is 3. The van der Waals surface area contributed by atoms with E-state index in [0.717, 1.165) is 38.1 Å². The Balaban J connectivity index is 0.000000827. The summed E-state index contributed by atoms with van der Waals surface area (Å²) >= 11 is 14.4. The topological polar surface area (TPSA) is 106 Å². The number of rotatable bonds is 15. The zero-order chi connectivity index (χ0) is 41.5. The summed E-state index contributed by atoms with van der Waals surface area (Å²) in [7, 11) is 3.82. The minimum atomic E-state index is -0.750. The van der Waals surface area contributed by atoms with Crippen LogP contribution in [0.3, 0.4) is 0 Å². The van der Waals surface area contributed by atoms with Gasteiger partial charge in [-0.3, -0.25) is 15.0 Å². The fourth-order valence-corrected chi connectivity index (χ4v) is 7.13. The van der Waals surface area contributed by atoms with E-state index in [1.807, 2.05) is 72.8 Å². The maximum Gasteiger partial charge on any atom is 2.00 e. The van der Waals surface area contributed by atoms with E-state index >= 15 is 0 Å². The van der Waals surface area contributed by atoms with Crippen LogP contribution in [0.1, 0.15) is 16.7 Å². The SMILES string of the molecule is ClC(Cl)Cl.[Ni+2].[Ni+2].[Ni+2].[O-]c1ccccc1C=NCC[P-]c1ccccc1.[O-]c1ccccc1C=NCC[P-]c1ccccc1.[O-]c1ccccc1C=NCC[P-]c1ccccc1. The van der Waals surface area contributed by atoms with Gasteiger partial charge in [0, 0.05) is 38.3 Å². The second kappa shape index (κ2) is 37.9. The van der Waals surface area contributed by atoms with E-state index in [1.165, 1.54) is 41.7 Å². The minimum absolute atomic E-state index is 0. The molecule has 0 aromatic heterocycles. The van der Waals surface area contributed by atoms with Crippen LogP contribution in [0.2, 0.25) is 0 Å². The first kappa shape index (κ1) is 58.4. The molecule has 0 unspecified atom stereocenters. The largest absolute Gasteiger partial charge is 2.00 e. The predicted octanol–water partition coefficient (Wildman–Crippen LogP) is 9.33. The van der Waals surface area contributed by atoms with Crippen molar-refractivity contribution in [1.29, 1.82) is 0 Å². The molecule has 15 heteroatoms. The molecule has 326 valence electrons. The van der Waals surface area contributed by atoms with Gasteiger partial charge in [0.1, 0.15) is 0 Å². The summed E-state index contributed by atoms with van der Waals surface area (Å²) in [6.45, 7) is 2.22. The summed E-state index contributed by atoms with van der Waals surface area (Å²) in [5.41, 5.74) is 1.98. The van der Waals surface area contributed by atoms with Gasteiger partial charge in [0.2, 0.25) is 0 Å². The van der Waals surface area contributed by atoms with Crippen LogP contribution >= 0.6 is 60.5 Å². The Morgan fingerprint density at radius 2 is 0.590 bits per heavy atom. The van der Waals surface area contributed by atoms with Crippen LogP contribution in [-0.4, -0.2) is 61.1 Å². The summed E-state index contributed by atoms with van der Waals surface area (Å²) in [4.78, 5) is 12.9. The number of aliphatic imine (C=N–C) groups is 3. The molecule has 0 aliphatic carbocycles. The van der Waals surface area contributed by atoms with Crippen molar-refractivity contribution >= 4 is 95.1 Å². The van der Waals surface area contributed by atoms with Crippen molar-refractivity contribution in [3.05, 3.63) is 180 Å². The van der Waals surface area contributed by atoms with Crippen LogP contribution in [0.25, 0.3) is 0 Å². The molecule has 61 heavy (non-hydrogen) atoms. The van der Waals surface area contributed by atoms with Gasteiger partial charge in [0.15, 0.2) is 4.30 Å². The number of hydrogen-bond donors (Lipinski definition) is 0. The maximum atomic E-state index is 11.4. The molecule has 0 spiro atoms. The van der Waals surface area contributed by atoms with Gasteiger partial charge < -0.3 is 41.1 Å². The van der Waals surface area contributed by atoms with Crippen LogP contribution in [0.4, 0.5) is 0 Å². The third-order valence-corrected chi connectivity index (χ3v) is 10.5. The average molecular weight is 1060 g/mol. The van der Waals surface area contributed by atoms with Gasteiger partial charge in [-0.05, 0) is 16.7 Å². The van der Waals surface area contributed by atoms with E-state index in [2.05, 4.69) is 51.4 Å². The molecule has 0 bridgehead atoms. The quantitative estimate of drug-likeness (QED) is 0.0337. The molecule has 0 aliphatic heterocycles. The summed E-state index contributed by atoms with van der Waals surface area (Å²) < 4.78 is -0.750. The van der Waals surface area contributed by atoms with E-state index in [-0.39, 0.29) is 66.7 Å². The first-order chi connectivity index (χ1) is 28.3. The summed E-state index contributed by atoms with van der Waals surface area (Å²) in [5, 5.41) is 38.1. The number of hydrogen-bond acceptors (Lipinski definition) is 6. The number of benzene rings is 6. The fourth-order valence-electron chi connectivity index (χ4n) is 4.56. The molecule has 0 N–H and O–H groups in total.